The lowest BCUT2D eigenvalue weighted by atomic mass is 10.1. The van der Waals surface area contributed by atoms with Gasteiger partial charge in [0, 0.05) is 72.6 Å². The average Bonchev–Trinajstić information content (AvgIpc) is 1.76. The molecule has 0 amide bonds. The molecule has 2 fully saturated rings. The summed E-state index contributed by atoms with van der Waals surface area (Å²) in [7, 11) is -66.2. The molecule has 0 saturated carbocycles. The van der Waals surface area contributed by atoms with E-state index in [0.29, 0.717) is 52.1 Å². The van der Waals surface area contributed by atoms with Gasteiger partial charge in [-0.25, -0.2) is 63.9 Å². The monoisotopic (exact) mass is 1850 g/mol. The number of phosphoric ester groups is 4. The van der Waals surface area contributed by atoms with E-state index in [0.717, 1.165) is 98.8 Å². The molecule has 0 aliphatic carbocycles. The molecule has 16 N–H and O–H groups in total. The molecule has 0 spiro atoms. The molecule has 55 nitrogen and oxygen atoms in total. The van der Waals surface area contributed by atoms with Crippen molar-refractivity contribution >= 4 is 93.4 Å². The number of aromatic nitrogens is 4. The predicted molar refractivity (Wildman–Crippen MR) is 376 cm³/mol. The van der Waals surface area contributed by atoms with Gasteiger partial charge in [-0.15, -0.1) is 0 Å². The van der Waals surface area contributed by atoms with Gasteiger partial charge < -0.3 is 78.4 Å². The Morgan fingerprint density at radius 3 is 0.982 bits per heavy atom. The molecule has 2 saturated heterocycles. The van der Waals surface area contributed by atoms with E-state index in [9.17, 15) is 123 Å². The molecule has 644 valence electrons. The predicted octanol–water partition coefficient (Wildman–Crippen LogP) is 8.47. The normalized spacial score (nSPS) is 23.3. The zero-order chi connectivity index (χ0) is 84.7. The fourth-order valence-electron chi connectivity index (χ4n) is 9.06. The fraction of sp³-hybridized carbons (Fsp3) is 0.818. The van der Waals surface area contributed by atoms with E-state index in [2.05, 4.69) is 81.9 Å². The van der Waals surface area contributed by atoms with Gasteiger partial charge in [0.05, 0.1) is 38.6 Å². The van der Waals surface area contributed by atoms with Crippen LogP contribution < -0.4 is 22.5 Å². The number of nitrogens with one attached hydrogen (secondary N) is 2. The number of H-pyrrole nitrogens is 2. The van der Waals surface area contributed by atoms with Crippen LogP contribution in [-0.2, 0) is 121 Å². The number of hydrogen-bond acceptors (Lipinski definition) is 35. The summed E-state index contributed by atoms with van der Waals surface area (Å²) in [4.78, 5) is 168. The van der Waals surface area contributed by atoms with Gasteiger partial charge in [0.2, 0.25) is 0 Å². The molecule has 0 aromatic carbocycles. The highest BCUT2D eigenvalue weighted by Gasteiger charge is 2.51. The van der Waals surface area contributed by atoms with Gasteiger partial charge >= 0.3 is 105 Å². The number of phosphoric acid groups is 10. The van der Waals surface area contributed by atoms with Crippen molar-refractivity contribution in [2.45, 2.75) is 179 Å². The molecule has 111 heavy (non-hydrogen) atoms. The van der Waals surface area contributed by atoms with Gasteiger partial charge in [0.25, 0.3) is 11.1 Å². The second-order valence-electron chi connectivity index (χ2n) is 23.4. The number of aliphatic hydroxyl groups is 2. The van der Waals surface area contributed by atoms with Crippen LogP contribution in [0.15, 0.2) is 41.8 Å². The minimum absolute atomic E-state index is 0.0884. The Balaban J connectivity index is 0.000000625. The van der Waals surface area contributed by atoms with Crippen molar-refractivity contribution in [2.75, 3.05) is 52.8 Å². The summed E-state index contributed by atoms with van der Waals surface area (Å²) in [5, 5.41) is 27.2. The number of hydrogen-bond donors (Lipinski definition) is 16. The van der Waals surface area contributed by atoms with Crippen LogP contribution in [0.1, 0.15) is 152 Å². The Bertz CT molecular complexity index is 4310. The Hall–Kier alpha value is -2.42. The second kappa shape index (κ2) is 47.4. The number of nitrogens with zero attached hydrogens (tertiary/aromatic N) is 8. The van der Waals surface area contributed by atoms with Gasteiger partial charge in [0.15, 0.2) is 0 Å². The highest BCUT2D eigenvalue weighted by molar-refractivity contribution is 7.73. The van der Waals surface area contributed by atoms with Crippen LogP contribution in [0.25, 0.3) is 20.9 Å². The van der Waals surface area contributed by atoms with Crippen LogP contribution in [-0.4, -0.2) is 165 Å². The summed E-state index contributed by atoms with van der Waals surface area (Å²) < 4.78 is 206. The maximum Gasteiger partial charge on any atom is 0.490 e. The quantitative estimate of drug-likeness (QED) is 0.00970. The molecular formula is C44H88N10O45P12. The summed E-state index contributed by atoms with van der Waals surface area (Å²) in [5.74, 6) is 0. The fourth-order valence-corrected chi connectivity index (χ4v) is 24.6. The molecular weight excluding hydrogens is 1760 g/mol. The highest BCUT2D eigenvalue weighted by atomic mass is 31.3. The molecule has 13 unspecified atom stereocenters. The first-order valence-corrected chi connectivity index (χ1v) is 51.0. The third-order valence-electron chi connectivity index (χ3n) is 13.6. The smallest absolute Gasteiger partial charge is 0.390 e. The molecule has 2 aromatic heterocycles. The summed E-state index contributed by atoms with van der Waals surface area (Å²) in [6, 6.07) is 0. The molecule has 0 bridgehead atoms. The van der Waals surface area contributed by atoms with Crippen molar-refractivity contribution in [1.29, 1.82) is 0 Å². The highest BCUT2D eigenvalue weighted by Crippen LogP contribution is 2.76. The number of ether oxygens (including phenoxy) is 2. The van der Waals surface area contributed by atoms with E-state index in [1.807, 2.05) is 4.98 Å². The molecule has 67 heteroatoms. The molecule has 2 aromatic rings. The van der Waals surface area contributed by atoms with Gasteiger partial charge in [-0.05, 0) is 50.6 Å². The lowest BCUT2D eigenvalue weighted by molar-refractivity contribution is -0.0450. The molecule has 2 aliphatic rings. The Morgan fingerprint density at radius 2 is 0.685 bits per heavy atom. The number of azide groups is 2. The molecule has 4 heterocycles. The average molecular weight is 1850 g/mol. The van der Waals surface area contributed by atoms with E-state index in [1.165, 1.54) is 20.0 Å². The van der Waals surface area contributed by atoms with Gasteiger partial charge in [-0.3, -0.25) is 55.9 Å². The summed E-state index contributed by atoms with van der Waals surface area (Å²) in [6.07, 6.45) is 9.08. The SMILES string of the molecule is Cc1cn([C@H]2CC(O)[C@@H](COP(=O)(O)OP(=O)(O)OP(=O)(O)OP(=O)(O)OP(=O)(O)OP(=O)(O)OCCCCCCCCCCCN=[N+]=[N-])O2)c(=O)[nH]c1=O.Cc1cn([C@H]2CC(O)[C@@H](COP(=O)(O)OP(C)(=O)OP(C)(=O)O)O2)c(=O)[nH]c1=O.[N-]=[N+]=NCCCCCCCCCCCOP(=O)(O)OP(=O)(O)OP(=O)(O)O. The third-order valence-corrected chi connectivity index (χ3v) is 31.5. The van der Waals surface area contributed by atoms with Crippen molar-refractivity contribution in [3.05, 3.63) is 86.1 Å². The van der Waals surface area contributed by atoms with Crippen molar-refractivity contribution in [3.63, 3.8) is 0 Å². The maximum absolute atomic E-state index is 12.2. The first-order valence-electron chi connectivity index (χ1n) is 32.0. The van der Waals surface area contributed by atoms with Crippen molar-refractivity contribution < 1.29 is 190 Å². The van der Waals surface area contributed by atoms with E-state index in [4.69, 9.17) is 40.1 Å². The number of aromatic amines is 2. The lowest BCUT2D eigenvalue weighted by Gasteiger charge is -2.21. The van der Waals surface area contributed by atoms with Gasteiger partial charge in [-0.2, -0.15) is 30.2 Å². The number of aryl methyl sites for hydroxylation is 2. The zero-order valence-corrected chi connectivity index (χ0v) is 69.6. The Kier molecular flexibility index (Phi) is 44.7. The maximum atomic E-state index is 12.2. The number of unbranched alkanes of at least 4 members (excludes halogenated alkanes) is 16. The molecule has 4 rings (SSSR count). The minimum Gasteiger partial charge on any atom is -0.390 e. The first-order chi connectivity index (χ1) is 50.8. The van der Waals surface area contributed by atoms with Crippen LogP contribution in [0.3, 0.4) is 0 Å². The summed E-state index contributed by atoms with van der Waals surface area (Å²) >= 11 is 0. The Morgan fingerprint density at radius 1 is 0.414 bits per heavy atom. The summed E-state index contributed by atoms with van der Waals surface area (Å²) in [6.45, 7) is 2.67. The lowest BCUT2D eigenvalue weighted by Crippen LogP contribution is -2.33. The Labute approximate surface area is 628 Å². The van der Waals surface area contributed by atoms with Crippen LogP contribution >= 0.6 is 93.4 Å². The van der Waals surface area contributed by atoms with Crippen LogP contribution in [0.4, 0.5) is 0 Å². The van der Waals surface area contributed by atoms with Gasteiger partial charge in [0.1, 0.15) is 24.7 Å². The van der Waals surface area contributed by atoms with E-state index in [-0.39, 0.29) is 37.0 Å². The van der Waals surface area contributed by atoms with Crippen LogP contribution in [0.2, 0.25) is 0 Å². The van der Waals surface area contributed by atoms with E-state index in [1.54, 1.807) is 0 Å². The van der Waals surface area contributed by atoms with Gasteiger partial charge in [-0.1, -0.05) is 100 Å². The third kappa shape index (κ3) is 47.1. The first kappa shape index (κ1) is 105. The minimum atomic E-state index is -6.46. The topological polar surface area (TPSA) is 834 Å². The zero-order valence-electron chi connectivity index (χ0n) is 58.9. The number of rotatable bonds is 52. The second-order valence-corrected chi connectivity index (χ2v) is 42.8. The van der Waals surface area contributed by atoms with E-state index >= 15 is 0 Å². The number of aliphatic hydroxyl groups excluding tert-OH is 2. The standard InChI is InChI=1S/C21H41N5O23P6.C12H21N2O12P3.C11H26N3O10P3/c1-16-14-26(21(29)24-20(16)28)19-13-17(27)18(44-19)15-43-51(32,33)46-53(36,37)48-55(40,41)49-54(38,39)47-52(34,35)45-50(30,31)42-12-10-8-6-4-2-3-5-7-9-11-23-25-22;1-7-5-14(12(17)13-11(7)16)10-4-8(15)9(24-10)6-23-29(21,22)26-28(3,20)25-27(2,18)19;12-14-13-10-8-6-4-2-1-3-5-7-9-11-22-26(18,19)24-27(20,21)23-25(15,16)17/h14,17-19,27H,2-13,15H2,1H3,(H,30,31)(H,32,33)(H,34,35)(H,36,37)(H,38,39)(H,40,41)(H,24,28,29);5,8-10,15H,4,6H2,1-3H3,(H,18,19)(H,21,22)(H,13,16,17);1-11H2,(H,18,19)(H,20,21)(H2,15,16,17)/t17?,18-,19-;8?,9-,10-,28?;/m11./s1. The molecule has 17 atom stereocenters. The van der Waals surface area contributed by atoms with Crippen LogP contribution in [0, 0.1) is 13.8 Å². The largest absolute Gasteiger partial charge is 0.490 e. The molecule has 2 aliphatic heterocycles. The van der Waals surface area contributed by atoms with Crippen molar-refractivity contribution in [2.24, 2.45) is 10.2 Å². The summed E-state index contributed by atoms with van der Waals surface area (Å²) in [5.41, 5.74) is 13.7. The van der Waals surface area contributed by atoms with Crippen molar-refractivity contribution in [1.82, 2.24) is 19.1 Å². The van der Waals surface area contributed by atoms with Crippen LogP contribution in [0.5, 0.6) is 0 Å². The van der Waals surface area contributed by atoms with Crippen molar-refractivity contribution in [3.8, 4) is 0 Å². The molecule has 0 radical (unpaired) electrons. The van der Waals surface area contributed by atoms with E-state index < -0.39 is 173 Å².